The Hall–Kier alpha value is -2.44. The van der Waals surface area contributed by atoms with Crippen LogP contribution in [0, 0.1) is 0 Å². The van der Waals surface area contributed by atoms with E-state index in [-0.39, 0.29) is 28.9 Å². The molecule has 172 valence electrons. The molecule has 0 radical (unpaired) electrons. The first-order valence-electron chi connectivity index (χ1n) is 9.84. The van der Waals surface area contributed by atoms with Gasteiger partial charge in [0.05, 0.1) is 23.3 Å². The molecule has 0 spiro atoms. The Morgan fingerprint density at radius 2 is 1.72 bits per heavy atom. The van der Waals surface area contributed by atoms with Crippen LogP contribution >= 0.6 is 24.0 Å². The van der Waals surface area contributed by atoms with E-state index in [0.717, 1.165) is 17.1 Å². The fourth-order valence-electron chi connectivity index (χ4n) is 3.16. The van der Waals surface area contributed by atoms with E-state index in [9.17, 15) is 8.42 Å². The van der Waals surface area contributed by atoms with Crippen molar-refractivity contribution in [3.05, 3.63) is 72.2 Å². The normalized spacial score (nSPS) is 11.8. The van der Waals surface area contributed by atoms with E-state index in [1.165, 1.54) is 18.4 Å². The molecule has 0 aliphatic rings. The highest BCUT2D eigenvalue weighted by atomic mass is 127. The Balaban J connectivity index is 0.00000363. The second kappa shape index (κ2) is 11.4. The summed E-state index contributed by atoms with van der Waals surface area (Å²) >= 11 is 0. The molecule has 3 rings (SSSR count). The number of rotatable bonds is 7. The van der Waals surface area contributed by atoms with Gasteiger partial charge >= 0.3 is 0 Å². The SMILES string of the molecule is CN=C(NCc1ccccc1S(=O)(=O)N(C)C)N(C)Cc1ncc(-c2ccccc2)[nH]1.I. The van der Waals surface area contributed by atoms with E-state index >= 15 is 0 Å². The lowest BCUT2D eigenvalue weighted by molar-refractivity contribution is 0.463. The maximum absolute atomic E-state index is 12.6. The standard InChI is InChI=1S/C22H28N6O2S.HI/c1-23-22(25-14-18-12-8-9-13-20(18)31(29,30)27(2)3)28(4)16-21-24-15-19(26-21)17-10-6-5-7-11-17;/h5-13,15H,14,16H2,1-4H3,(H,23,25)(H,24,26);1H. The zero-order valence-electron chi connectivity index (χ0n) is 18.6. The third-order valence-electron chi connectivity index (χ3n) is 4.84. The minimum atomic E-state index is -3.53. The molecule has 0 saturated heterocycles. The van der Waals surface area contributed by atoms with E-state index < -0.39 is 10.0 Å². The summed E-state index contributed by atoms with van der Waals surface area (Å²) in [6.07, 6.45) is 1.82. The van der Waals surface area contributed by atoms with E-state index in [1.54, 1.807) is 25.2 Å². The molecule has 0 unspecified atom stereocenters. The van der Waals surface area contributed by atoms with Gasteiger partial charge < -0.3 is 15.2 Å². The lowest BCUT2D eigenvalue weighted by Crippen LogP contribution is -2.38. The molecular formula is C22H29IN6O2S. The molecule has 3 aromatic rings. The van der Waals surface area contributed by atoms with Crippen LogP contribution in [-0.2, 0) is 23.1 Å². The highest BCUT2D eigenvalue weighted by Gasteiger charge is 2.21. The van der Waals surface area contributed by atoms with Crippen LogP contribution in [-0.4, -0.2) is 61.7 Å². The number of sulfonamides is 1. The van der Waals surface area contributed by atoms with Crippen molar-refractivity contribution in [3.8, 4) is 11.3 Å². The maximum atomic E-state index is 12.6. The number of imidazole rings is 1. The van der Waals surface area contributed by atoms with Crippen LogP contribution in [0.25, 0.3) is 11.3 Å². The number of aromatic amines is 1. The third-order valence-corrected chi connectivity index (χ3v) is 6.76. The summed E-state index contributed by atoms with van der Waals surface area (Å²) in [5.74, 6) is 1.44. The Kier molecular flexibility index (Phi) is 9.22. The summed E-state index contributed by atoms with van der Waals surface area (Å²) in [6, 6.07) is 17.0. The van der Waals surface area contributed by atoms with Crippen LogP contribution in [0.2, 0.25) is 0 Å². The van der Waals surface area contributed by atoms with Crippen LogP contribution in [0.4, 0.5) is 0 Å². The van der Waals surface area contributed by atoms with Crippen molar-refractivity contribution in [2.75, 3.05) is 28.2 Å². The molecule has 1 heterocycles. The van der Waals surface area contributed by atoms with Crippen LogP contribution in [0.15, 0.2) is 70.7 Å². The summed E-state index contributed by atoms with van der Waals surface area (Å²) < 4.78 is 26.4. The molecular weight excluding hydrogens is 539 g/mol. The molecule has 32 heavy (non-hydrogen) atoms. The molecule has 0 bridgehead atoms. The number of aromatic nitrogens is 2. The Bertz CT molecular complexity index is 1150. The molecule has 10 heteroatoms. The number of H-pyrrole nitrogens is 1. The second-order valence-electron chi connectivity index (χ2n) is 7.26. The Labute approximate surface area is 206 Å². The average Bonchev–Trinajstić information content (AvgIpc) is 3.23. The highest BCUT2D eigenvalue weighted by molar-refractivity contribution is 14.0. The maximum Gasteiger partial charge on any atom is 0.242 e. The summed E-state index contributed by atoms with van der Waals surface area (Å²) in [4.78, 5) is 14.3. The zero-order chi connectivity index (χ0) is 22.4. The topological polar surface area (TPSA) is 93.7 Å². The van der Waals surface area contributed by atoms with Gasteiger partial charge in [-0.25, -0.2) is 17.7 Å². The molecule has 0 aliphatic carbocycles. The van der Waals surface area contributed by atoms with Gasteiger partial charge in [0.2, 0.25) is 10.0 Å². The number of nitrogens with one attached hydrogen (secondary N) is 2. The van der Waals surface area contributed by atoms with Crippen LogP contribution in [0.5, 0.6) is 0 Å². The van der Waals surface area contributed by atoms with E-state index in [4.69, 9.17) is 0 Å². The smallest absolute Gasteiger partial charge is 0.242 e. The van der Waals surface area contributed by atoms with Gasteiger partial charge in [-0.15, -0.1) is 24.0 Å². The average molecular weight is 568 g/mol. The first kappa shape index (κ1) is 25.8. The fraction of sp³-hybridized carbons (Fsp3) is 0.273. The zero-order valence-corrected chi connectivity index (χ0v) is 21.8. The molecule has 0 amide bonds. The molecule has 0 aliphatic heterocycles. The molecule has 2 N–H and O–H groups in total. The van der Waals surface area contributed by atoms with Gasteiger partial charge in [-0.3, -0.25) is 4.99 Å². The number of nitrogens with zero attached hydrogens (tertiary/aromatic N) is 4. The summed E-state index contributed by atoms with van der Waals surface area (Å²) in [7, 11) is 3.12. The largest absolute Gasteiger partial charge is 0.352 e. The molecule has 0 saturated carbocycles. The number of hydrogen-bond acceptors (Lipinski definition) is 4. The third kappa shape index (κ3) is 6.08. The number of hydrogen-bond donors (Lipinski definition) is 2. The van der Waals surface area contributed by atoms with E-state index in [0.29, 0.717) is 24.6 Å². The van der Waals surface area contributed by atoms with Gasteiger partial charge in [-0.05, 0) is 17.2 Å². The highest BCUT2D eigenvalue weighted by Crippen LogP contribution is 2.19. The van der Waals surface area contributed by atoms with Crippen LogP contribution in [0.3, 0.4) is 0 Å². The molecule has 0 atom stereocenters. The van der Waals surface area contributed by atoms with Crippen molar-refractivity contribution >= 4 is 40.0 Å². The second-order valence-corrected chi connectivity index (χ2v) is 9.38. The van der Waals surface area contributed by atoms with E-state index in [1.807, 2.05) is 54.5 Å². The summed E-state index contributed by atoms with van der Waals surface area (Å²) in [5.41, 5.74) is 2.70. The van der Waals surface area contributed by atoms with Gasteiger partial charge in [0, 0.05) is 34.7 Å². The van der Waals surface area contributed by atoms with Gasteiger partial charge in [-0.2, -0.15) is 0 Å². The predicted molar refractivity (Wildman–Crippen MR) is 138 cm³/mol. The summed E-state index contributed by atoms with van der Waals surface area (Å²) in [6.45, 7) is 0.845. The Morgan fingerprint density at radius 3 is 2.38 bits per heavy atom. The Morgan fingerprint density at radius 1 is 1.06 bits per heavy atom. The predicted octanol–water partition coefficient (Wildman–Crippen LogP) is 3.15. The van der Waals surface area contributed by atoms with Crippen molar-refractivity contribution in [2.45, 2.75) is 18.0 Å². The molecule has 2 aromatic carbocycles. The number of guanidine groups is 1. The molecule has 1 aromatic heterocycles. The first-order valence-corrected chi connectivity index (χ1v) is 11.3. The minimum Gasteiger partial charge on any atom is -0.352 e. The van der Waals surface area contributed by atoms with Crippen molar-refractivity contribution in [1.29, 1.82) is 0 Å². The number of benzene rings is 2. The van der Waals surface area contributed by atoms with E-state index in [2.05, 4.69) is 20.3 Å². The molecule has 0 fully saturated rings. The van der Waals surface area contributed by atoms with Gasteiger partial charge in [0.15, 0.2) is 5.96 Å². The molecule has 8 nitrogen and oxygen atoms in total. The monoisotopic (exact) mass is 568 g/mol. The lowest BCUT2D eigenvalue weighted by Gasteiger charge is -2.22. The van der Waals surface area contributed by atoms with Crippen molar-refractivity contribution in [2.24, 2.45) is 4.99 Å². The van der Waals surface area contributed by atoms with Crippen molar-refractivity contribution < 1.29 is 8.42 Å². The minimum absolute atomic E-state index is 0. The lowest BCUT2D eigenvalue weighted by atomic mass is 10.2. The van der Waals surface area contributed by atoms with Crippen LogP contribution in [0.1, 0.15) is 11.4 Å². The number of aliphatic imine (C=N–C) groups is 1. The van der Waals surface area contributed by atoms with Gasteiger partial charge in [-0.1, -0.05) is 48.5 Å². The quantitative estimate of drug-likeness (QED) is 0.260. The van der Waals surface area contributed by atoms with Crippen molar-refractivity contribution in [3.63, 3.8) is 0 Å². The number of halogens is 1. The van der Waals surface area contributed by atoms with Crippen molar-refractivity contribution in [1.82, 2.24) is 24.5 Å². The van der Waals surface area contributed by atoms with Crippen LogP contribution < -0.4 is 5.32 Å². The fourth-order valence-corrected chi connectivity index (χ4v) is 4.28. The van der Waals surface area contributed by atoms with Gasteiger partial charge in [0.25, 0.3) is 0 Å². The summed E-state index contributed by atoms with van der Waals surface area (Å²) in [5, 5.41) is 3.25. The van der Waals surface area contributed by atoms with Gasteiger partial charge in [0.1, 0.15) is 5.82 Å². The first-order chi connectivity index (χ1) is 14.8.